The summed E-state index contributed by atoms with van der Waals surface area (Å²) in [4.78, 5) is 2.45. The first kappa shape index (κ1) is 17.7. The minimum Gasteiger partial charge on any atom is -0.310 e. The monoisotopic (exact) mass is 340 g/mol. The highest BCUT2D eigenvalue weighted by atomic mass is 79.9. The second-order valence-electron chi connectivity index (χ2n) is 5.94. The van der Waals surface area contributed by atoms with E-state index in [1.54, 1.807) is 0 Å². The Morgan fingerprint density at radius 3 is 2.50 bits per heavy atom. The molecule has 0 radical (unpaired) electrons. The van der Waals surface area contributed by atoms with Gasteiger partial charge in [0.15, 0.2) is 0 Å². The Morgan fingerprint density at radius 1 is 1.20 bits per heavy atom. The summed E-state index contributed by atoms with van der Waals surface area (Å²) >= 11 is 3.56. The van der Waals surface area contributed by atoms with E-state index in [9.17, 15) is 0 Å². The van der Waals surface area contributed by atoms with Crippen LogP contribution in [0.2, 0.25) is 0 Å². The van der Waals surface area contributed by atoms with Gasteiger partial charge in [0.05, 0.1) is 0 Å². The lowest BCUT2D eigenvalue weighted by atomic mass is 10.0. The predicted molar refractivity (Wildman–Crippen MR) is 92.1 cm³/mol. The average Bonchev–Trinajstić information content (AvgIpc) is 2.41. The number of rotatable bonds is 9. The van der Waals surface area contributed by atoms with Crippen molar-refractivity contribution in [2.45, 2.75) is 39.7 Å². The quantitative estimate of drug-likeness (QED) is 0.713. The molecular formula is C17H29BrN2. The largest absolute Gasteiger partial charge is 0.310 e. The van der Waals surface area contributed by atoms with Crippen molar-refractivity contribution >= 4 is 15.9 Å². The maximum atomic E-state index is 3.60. The third kappa shape index (κ3) is 6.87. The Hall–Kier alpha value is -0.380. The third-order valence-electron chi connectivity index (χ3n) is 3.59. The molecule has 0 bridgehead atoms. The molecule has 1 aromatic rings. The predicted octanol–water partition coefficient (Wildman–Crippen LogP) is 4.47. The first-order valence-electron chi connectivity index (χ1n) is 7.70. The molecule has 0 aliphatic rings. The van der Waals surface area contributed by atoms with Crippen LogP contribution in [0.25, 0.3) is 0 Å². The minimum atomic E-state index is 0.444. The smallest absolute Gasteiger partial charge is 0.0332 e. The van der Waals surface area contributed by atoms with Gasteiger partial charge < -0.3 is 10.2 Å². The van der Waals surface area contributed by atoms with Crippen LogP contribution < -0.4 is 5.32 Å². The van der Waals surface area contributed by atoms with Crippen LogP contribution in [0.4, 0.5) is 0 Å². The van der Waals surface area contributed by atoms with Crippen molar-refractivity contribution in [3.63, 3.8) is 0 Å². The fourth-order valence-electron chi connectivity index (χ4n) is 2.30. The van der Waals surface area contributed by atoms with Crippen molar-refractivity contribution in [3.05, 3.63) is 34.3 Å². The van der Waals surface area contributed by atoms with Gasteiger partial charge in [-0.2, -0.15) is 0 Å². The second-order valence-corrected chi connectivity index (χ2v) is 6.86. The van der Waals surface area contributed by atoms with Gasteiger partial charge in [-0.25, -0.2) is 0 Å². The highest BCUT2D eigenvalue weighted by molar-refractivity contribution is 9.10. The molecule has 114 valence electrons. The third-order valence-corrected chi connectivity index (χ3v) is 4.08. The van der Waals surface area contributed by atoms with E-state index in [0.717, 1.165) is 29.9 Å². The van der Waals surface area contributed by atoms with Crippen molar-refractivity contribution in [3.8, 4) is 0 Å². The number of hydrogen-bond acceptors (Lipinski definition) is 2. The summed E-state index contributed by atoms with van der Waals surface area (Å²) in [6.45, 7) is 10.1. The van der Waals surface area contributed by atoms with Crippen molar-refractivity contribution < 1.29 is 0 Å². The van der Waals surface area contributed by atoms with Gasteiger partial charge in [-0.1, -0.05) is 48.8 Å². The molecule has 0 saturated heterocycles. The average molecular weight is 341 g/mol. The van der Waals surface area contributed by atoms with Crippen LogP contribution in [-0.4, -0.2) is 31.6 Å². The second kappa shape index (κ2) is 9.54. The molecule has 1 atom stereocenters. The van der Waals surface area contributed by atoms with Crippen LogP contribution in [0.1, 0.15) is 45.2 Å². The van der Waals surface area contributed by atoms with Gasteiger partial charge in [-0.05, 0) is 63.1 Å². The van der Waals surface area contributed by atoms with Crippen LogP contribution in [0.5, 0.6) is 0 Å². The molecule has 0 aliphatic carbocycles. The lowest BCUT2D eigenvalue weighted by molar-refractivity contribution is 0.290. The van der Waals surface area contributed by atoms with Crippen LogP contribution in [0.3, 0.4) is 0 Å². The minimum absolute atomic E-state index is 0.444. The number of nitrogens with one attached hydrogen (secondary N) is 1. The SMILES string of the molecule is CCNC(CCN(C)CCC(C)C)c1cccc(Br)c1. The van der Waals surface area contributed by atoms with E-state index >= 15 is 0 Å². The molecule has 1 unspecified atom stereocenters. The van der Waals surface area contributed by atoms with E-state index < -0.39 is 0 Å². The van der Waals surface area contributed by atoms with Crippen LogP contribution in [-0.2, 0) is 0 Å². The summed E-state index contributed by atoms with van der Waals surface area (Å²) < 4.78 is 1.16. The Labute approximate surface area is 133 Å². The van der Waals surface area contributed by atoms with E-state index in [-0.39, 0.29) is 0 Å². The first-order chi connectivity index (χ1) is 9.52. The summed E-state index contributed by atoms with van der Waals surface area (Å²) in [5.74, 6) is 0.784. The van der Waals surface area contributed by atoms with Crippen LogP contribution >= 0.6 is 15.9 Å². The van der Waals surface area contributed by atoms with Crippen LogP contribution in [0.15, 0.2) is 28.7 Å². The number of hydrogen-bond donors (Lipinski definition) is 1. The topological polar surface area (TPSA) is 15.3 Å². The van der Waals surface area contributed by atoms with Gasteiger partial charge in [0.1, 0.15) is 0 Å². The summed E-state index contributed by atoms with van der Waals surface area (Å²) in [5.41, 5.74) is 1.37. The zero-order chi connectivity index (χ0) is 15.0. The molecule has 0 spiro atoms. The molecule has 0 fully saturated rings. The maximum Gasteiger partial charge on any atom is 0.0332 e. The first-order valence-corrected chi connectivity index (χ1v) is 8.49. The Morgan fingerprint density at radius 2 is 1.90 bits per heavy atom. The number of benzene rings is 1. The van der Waals surface area contributed by atoms with Crippen molar-refractivity contribution in [2.24, 2.45) is 5.92 Å². The lowest BCUT2D eigenvalue weighted by Crippen LogP contribution is -2.28. The van der Waals surface area contributed by atoms with E-state index in [1.165, 1.54) is 18.5 Å². The zero-order valence-electron chi connectivity index (χ0n) is 13.3. The van der Waals surface area contributed by atoms with E-state index in [0.29, 0.717) is 6.04 Å². The summed E-state index contributed by atoms with van der Waals surface area (Å²) in [5, 5.41) is 3.60. The van der Waals surface area contributed by atoms with Crippen LogP contribution in [0, 0.1) is 5.92 Å². The molecule has 1 N–H and O–H groups in total. The van der Waals surface area contributed by atoms with Gasteiger partial charge in [0.2, 0.25) is 0 Å². The fraction of sp³-hybridized carbons (Fsp3) is 0.647. The van der Waals surface area contributed by atoms with E-state index in [2.05, 4.69) is 78.2 Å². The molecule has 3 heteroatoms. The van der Waals surface area contributed by atoms with Crippen molar-refractivity contribution in [2.75, 3.05) is 26.7 Å². The molecule has 0 aromatic heterocycles. The van der Waals surface area contributed by atoms with E-state index in [1.807, 2.05) is 0 Å². The molecule has 0 amide bonds. The number of halogens is 1. The molecule has 2 nitrogen and oxygen atoms in total. The summed E-state index contributed by atoms with van der Waals surface area (Å²) in [7, 11) is 2.23. The lowest BCUT2D eigenvalue weighted by Gasteiger charge is -2.23. The molecular weight excluding hydrogens is 312 g/mol. The maximum absolute atomic E-state index is 3.60. The highest BCUT2D eigenvalue weighted by Crippen LogP contribution is 2.21. The Balaban J connectivity index is 2.51. The van der Waals surface area contributed by atoms with Gasteiger partial charge in [0, 0.05) is 10.5 Å². The van der Waals surface area contributed by atoms with Crippen molar-refractivity contribution in [1.82, 2.24) is 10.2 Å². The fourth-order valence-corrected chi connectivity index (χ4v) is 2.71. The standard InChI is InChI=1S/C17H29BrN2/c1-5-19-17(15-7-6-8-16(18)13-15)10-12-20(4)11-9-14(2)3/h6-8,13-14,17,19H,5,9-12H2,1-4H3. The zero-order valence-corrected chi connectivity index (χ0v) is 14.9. The highest BCUT2D eigenvalue weighted by Gasteiger charge is 2.11. The van der Waals surface area contributed by atoms with Gasteiger partial charge >= 0.3 is 0 Å². The normalized spacial score (nSPS) is 13.2. The molecule has 20 heavy (non-hydrogen) atoms. The van der Waals surface area contributed by atoms with Crippen molar-refractivity contribution in [1.29, 1.82) is 0 Å². The molecule has 0 heterocycles. The summed E-state index contributed by atoms with van der Waals surface area (Å²) in [6.07, 6.45) is 2.43. The molecule has 1 rings (SSSR count). The van der Waals surface area contributed by atoms with Gasteiger partial charge in [-0.3, -0.25) is 0 Å². The molecule has 0 aliphatic heterocycles. The van der Waals surface area contributed by atoms with E-state index in [4.69, 9.17) is 0 Å². The van der Waals surface area contributed by atoms with Gasteiger partial charge in [-0.15, -0.1) is 0 Å². The van der Waals surface area contributed by atoms with Gasteiger partial charge in [0.25, 0.3) is 0 Å². The summed E-state index contributed by atoms with van der Waals surface area (Å²) in [6, 6.07) is 9.08. The molecule has 0 saturated carbocycles. The number of nitrogens with zero attached hydrogens (tertiary/aromatic N) is 1. The Kier molecular flexibility index (Phi) is 8.43. The molecule has 1 aromatic carbocycles. The Bertz CT molecular complexity index is 379.